The van der Waals surface area contributed by atoms with Gasteiger partial charge in [0.25, 0.3) is 5.91 Å². The molecule has 10 nitrogen and oxygen atoms in total. The number of amides is 1. The van der Waals surface area contributed by atoms with Gasteiger partial charge in [0.2, 0.25) is 5.95 Å². The summed E-state index contributed by atoms with van der Waals surface area (Å²) in [5, 5.41) is 2.81. The molecule has 1 amide bonds. The molecular formula is C24H27N7O3. The Morgan fingerprint density at radius 2 is 1.94 bits per heavy atom. The minimum atomic E-state index is -0.267. The molecule has 0 fully saturated rings. The van der Waals surface area contributed by atoms with Crippen LogP contribution in [-0.2, 0) is 16.0 Å². The first-order chi connectivity index (χ1) is 16.4. The van der Waals surface area contributed by atoms with Gasteiger partial charge >= 0.3 is 5.97 Å². The van der Waals surface area contributed by atoms with Gasteiger partial charge in [0.15, 0.2) is 17.0 Å². The number of rotatable bonds is 10. The topological polar surface area (TPSA) is 159 Å². The Bertz CT molecular complexity index is 1210. The van der Waals surface area contributed by atoms with Crippen molar-refractivity contribution in [2.75, 3.05) is 24.6 Å². The molecule has 0 spiro atoms. The summed E-state index contributed by atoms with van der Waals surface area (Å²) in [6, 6.07) is 7.25. The number of nitrogens with zero attached hydrogens (tertiary/aromatic N) is 4. The number of aromatic nitrogens is 4. The Morgan fingerprint density at radius 1 is 1.18 bits per heavy atom. The van der Waals surface area contributed by atoms with Crippen LogP contribution in [0.1, 0.15) is 53.7 Å². The zero-order chi connectivity index (χ0) is 24.5. The predicted molar refractivity (Wildman–Crippen MR) is 128 cm³/mol. The van der Waals surface area contributed by atoms with Crippen LogP contribution in [0.25, 0.3) is 11.2 Å². The van der Waals surface area contributed by atoms with E-state index < -0.39 is 0 Å². The molecule has 2 aromatic heterocycles. The zero-order valence-corrected chi connectivity index (χ0v) is 19.0. The molecule has 1 unspecified atom stereocenters. The molecule has 1 atom stereocenters. The summed E-state index contributed by atoms with van der Waals surface area (Å²) in [6.07, 6.45) is 9.01. The van der Waals surface area contributed by atoms with Crippen LogP contribution in [0.2, 0.25) is 0 Å². The Morgan fingerprint density at radius 3 is 2.65 bits per heavy atom. The average Bonchev–Trinajstić information content (AvgIpc) is 2.82. The first-order valence-corrected chi connectivity index (χ1v) is 10.9. The van der Waals surface area contributed by atoms with Crippen molar-refractivity contribution in [2.45, 2.75) is 38.5 Å². The van der Waals surface area contributed by atoms with Crippen molar-refractivity contribution >= 4 is 34.8 Å². The average molecular weight is 462 g/mol. The summed E-state index contributed by atoms with van der Waals surface area (Å²) in [5.41, 5.74) is 14.4. The number of carbonyl (C=O) groups excluding carboxylic acids is 2. The van der Waals surface area contributed by atoms with Crippen molar-refractivity contribution in [1.29, 1.82) is 0 Å². The van der Waals surface area contributed by atoms with E-state index >= 15 is 0 Å². The number of nitrogen functional groups attached to an aromatic ring is 2. The van der Waals surface area contributed by atoms with Gasteiger partial charge in [-0.25, -0.2) is 9.97 Å². The highest BCUT2D eigenvalue weighted by atomic mass is 16.5. The second kappa shape index (κ2) is 11.6. The minimum absolute atomic E-state index is 0.0330. The number of terminal acetylenes is 1. The van der Waals surface area contributed by atoms with E-state index in [0.717, 1.165) is 5.56 Å². The SMILES string of the molecule is C#CCC(Cc1cnc2nc(N)nc(N)c2n1)c1ccc(C(=O)NCCCC(=O)OCC)cc1. The fourth-order valence-electron chi connectivity index (χ4n) is 3.46. The Labute approximate surface area is 197 Å². The maximum absolute atomic E-state index is 12.4. The summed E-state index contributed by atoms with van der Waals surface area (Å²) in [7, 11) is 0. The third kappa shape index (κ3) is 6.38. The van der Waals surface area contributed by atoms with Crippen LogP contribution < -0.4 is 16.8 Å². The molecular weight excluding hydrogens is 434 g/mol. The van der Waals surface area contributed by atoms with Crippen molar-refractivity contribution in [3.05, 3.63) is 47.3 Å². The molecule has 10 heteroatoms. The maximum atomic E-state index is 12.4. The fourth-order valence-corrected chi connectivity index (χ4v) is 3.46. The number of nitrogens with one attached hydrogen (secondary N) is 1. The van der Waals surface area contributed by atoms with Crippen LogP contribution in [-0.4, -0.2) is 45.0 Å². The second-order valence-corrected chi connectivity index (χ2v) is 7.60. The lowest BCUT2D eigenvalue weighted by atomic mass is 9.91. The van der Waals surface area contributed by atoms with E-state index in [9.17, 15) is 9.59 Å². The molecule has 0 bridgehead atoms. The maximum Gasteiger partial charge on any atom is 0.305 e. The number of carbonyl (C=O) groups is 2. The van der Waals surface area contributed by atoms with E-state index in [1.54, 1.807) is 25.3 Å². The highest BCUT2D eigenvalue weighted by Crippen LogP contribution is 2.25. The lowest BCUT2D eigenvalue weighted by Gasteiger charge is -2.15. The molecule has 0 aliphatic heterocycles. The van der Waals surface area contributed by atoms with E-state index in [1.807, 2.05) is 12.1 Å². The van der Waals surface area contributed by atoms with E-state index in [0.29, 0.717) is 54.8 Å². The highest BCUT2D eigenvalue weighted by Gasteiger charge is 2.16. The third-order valence-corrected chi connectivity index (χ3v) is 5.11. The lowest BCUT2D eigenvalue weighted by molar-refractivity contribution is -0.143. The molecule has 0 saturated heterocycles. The molecule has 0 saturated carbocycles. The zero-order valence-electron chi connectivity index (χ0n) is 19.0. The lowest BCUT2D eigenvalue weighted by Crippen LogP contribution is -2.25. The van der Waals surface area contributed by atoms with Gasteiger partial charge in [-0.2, -0.15) is 9.97 Å². The number of anilines is 2. The van der Waals surface area contributed by atoms with Crippen LogP contribution in [0, 0.1) is 12.3 Å². The molecule has 3 aromatic rings. The van der Waals surface area contributed by atoms with E-state index in [-0.39, 0.29) is 36.0 Å². The van der Waals surface area contributed by atoms with Gasteiger partial charge in [0.05, 0.1) is 18.5 Å². The van der Waals surface area contributed by atoms with Crippen LogP contribution >= 0.6 is 0 Å². The van der Waals surface area contributed by atoms with Gasteiger partial charge in [0.1, 0.15) is 0 Å². The quantitative estimate of drug-likeness (QED) is 0.233. The first-order valence-electron chi connectivity index (χ1n) is 10.9. The van der Waals surface area contributed by atoms with Crippen molar-refractivity contribution in [2.24, 2.45) is 0 Å². The minimum Gasteiger partial charge on any atom is -0.466 e. The highest BCUT2D eigenvalue weighted by molar-refractivity contribution is 5.94. The van der Waals surface area contributed by atoms with Gasteiger partial charge in [-0.3, -0.25) is 9.59 Å². The van der Waals surface area contributed by atoms with E-state index in [2.05, 4.69) is 31.2 Å². The van der Waals surface area contributed by atoms with Crippen molar-refractivity contribution in [3.63, 3.8) is 0 Å². The Kier molecular flexibility index (Phi) is 8.29. The number of ether oxygens (including phenoxy) is 1. The van der Waals surface area contributed by atoms with Crippen molar-refractivity contribution < 1.29 is 14.3 Å². The molecule has 0 radical (unpaired) electrons. The van der Waals surface area contributed by atoms with Crippen molar-refractivity contribution in [1.82, 2.24) is 25.3 Å². The van der Waals surface area contributed by atoms with Gasteiger partial charge in [-0.05, 0) is 37.5 Å². The number of nitrogens with two attached hydrogens (primary N) is 2. The molecule has 0 aliphatic rings. The van der Waals surface area contributed by atoms with Crippen LogP contribution in [0.5, 0.6) is 0 Å². The molecule has 1 aromatic carbocycles. The summed E-state index contributed by atoms with van der Waals surface area (Å²) >= 11 is 0. The fraction of sp³-hybridized carbons (Fsp3) is 0.333. The summed E-state index contributed by atoms with van der Waals surface area (Å²) in [4.78, 5) is 40.6. The number of hydrogen-bond acceptors (Lipinski definition) is 9. The molecule has 5 N–H and O–H groups in total. The summed E-state index contributed by atoms with van der Waals surface area (Å²) < 4.78 is 4.87. The standard InChI is InChI=1S/C24H27N7O3/c1-3-6-17(13-18-14-28-22-20(29-18)21(25)30-24(26)31-22)15-8-10-16(11-9-15)23(33)27-12-5-7-19(32)34-4-2/h1,8-11,14,17H,4-7,12-13H2,2H3,(H,27,33)(H4,25,26,28,30,31). The van der Waals surface area contributed by atoms with Gasteiger partial charge in [-0.1, -0.05) is 12.1 Å². The van der Waals surface area contributed by atoms with Gasteiger partial charge < -0.3 is 21.5 Å². The largest absolute Gasteiger partial charge is 0.466 e. The van der Waals surface area contributed by atoms with Crippen molar-refractivity contribution in [3.8, 4) is 12.3 Å². The van der Waals surface area contributed by atoms with E-state index in [4.69, 9.17) is 22.6 Å². The molecule has 0 aliphatic carbocycles. The van der Waals surface area contributed by atoms with E-state index in [1.165, 1.54) is 0 Å². The third-order valence-electron chi connectivity index (χ3n) is 5.11. The number of hydrogen-bond donors (Lipinski definition) is 3. The Balaban J connectivity index is 1.65. The Hall–Kier alpha value is -4.26. The summed E-state index contributed by atoms with van der Waals surface area (Å²) in [6.45, 7) is 2.50. The molecule has 34 heavy (non-hydrogen) atoms. The monoisotopic (exact) mass is 461 g/mol. The van der Waals surface area contributed by atoms with Crippen LogP contribution in [0.15, 0.2) is 30.5 Å². The molecule has 176 valence electrons. The first kappa shape index (κ1) is 24.4. The number of esters is 1. The predicted octanol–water partition coefficient (Wildman–Crippen LogP) is 2.01. The smallest absolute Gasteiger partial charge is 0.305 e. The van der Waals surface area contributed by atoms with Gasteiger partial charge in [0, 0.05) is 30.9 Å². The summed E-state index contributed by atoms with van der Waals surface area (Å²) in [5.74, 6) is 2.40. The van der Waals surface area contributed by atoms with Crippen LogP contribution in [0.4, 0.5) is 11.8 Å². The number of fused-ring (bicyclic) bond motifs is 1. The molecule has 3 rings (SSSR count). The second-order valence-electron chi connectivity index (χ2n) is 7.60. The number of benzene rings is 1. The van der Waals surface area contributed by atoms with Gasteiger partial charge in [-0.15, -0.1) is 12.3 Å². The normalized spacial score (nSPS) is 11.5. The molecule has 2 heterocycles. The van der Waals surface area contributed by atoms with Crippen LogP contribution in [0.3, 0.4) is 0 Å².